The van der Waals surface area contributed by atoms with Gasteiger partial charge in [0.15, 0.2) is 0 Å². The van der Waals surface area contributed by atoms with E-state index < -0.39 is 66.0 Å². The molecule has 12 nitrogen and oxygen atoms in total. The van der Waals surface area contributed by atoms with E-state index in [4.69, 9.17) is 5.73 Å². The predicted molar refractivity (Wildman–Crippen MR) is 126 cm³/mol. The van der Waals surface area contributed by atoms with E-state index in [1.807, 2.05) is 0 Å². The quantitative estimate of drug-likeness (QED) is 0.161. The molecule has 0 heterocycles. The number of aliphatic carboxylic acids is 1. The zero-order valence-corrected chi connectivity index (χ0v) is 20.3. The first-order valence-corrected chi connectivity index (χ1v) is 11.3. The van der Waals surface area contributed by atoms with Gasteiger partial charge in [0.25, 0.3) is 0 Å². The zero-order valence-electron chi connectivity index (χ0n) is 20.3. The highest BCUT2D eigenvalue weighted by molar-refractivity contribution is 5.94. The number of hydrogen-bond acceptors (Lipinski definition) is 8. The van der Waals surface area contributed by atoms with E-state index in [0.29, 0.717) is 12.0 Å². The van der Waals surface area contributed by atoms with Gasteiger partial charge in [0, 0.05) is 6.42 Å². The number of hydrogen-bond donors (Lipinski definition) is 8. The van der Waals surface area contributed by atoms with Crippen LogP contribution < -0.4 is 21.7 Å². The van der Waals surface area contributed by atoms with Crippen molar-refractivity contribution in [2.45, 2.75) is 76.9 Å². The number of benzene rings is 1. The van der Waals surface area contributed by atoms with E-state index in [0.717, 1.165) is 0 Å². The maximum Gasteiger partial charge on any atom is 0.326 e. The van der Waals surface area contributed by atoms with Crippen LogP contribution >= 0.6 is 0 Å². The van der Waals surface area contributed by atoms with Crippen molar-refractivity contribution in [3.63, 3.8) is 0 Å². The average molecular weight is 497 g/mol. The van der Waals surface area contributed by atoms with Gasteiger partial charge in [0.1, 0.15) is 29.9 Å². The minimum Gasteiger partial charge on any atom is -0.508 e. The van der Waals surface area contributed by atoms with Gasteiger partial charge in [-0.05, 0) is 37.5 Å². The maximum absolute atomic E-state index is 13.1. The number of aromatic hydroxyl groups is 1. The van der Waals surface area contributed by atoms with Crippen LogP contribution in [0, 0.1) is 5.92 Å². The van der Waals surface area contributed by atoms with Gasteiger partial charge in [-0.1, -0.05) is 32.4 Å². The molecule has 12 heteroatoms. The molecule has 3 amide bonds. The lowest BCUT2D eigenvalue weighted by Gasteiger charge is -2.28. The first kappa shape index (κ1) is 29.8. The van der Waals surface area contributed by atoms with E-state index in [-0.39, 0.29) is 12.2 Å². The normalized spacial score (nSPS) is 17.1. The largest absolute Gasteiger partial charge is 0.508 e. The van der Waals surface area contributed by atoms with Gasteiger partial charge in [0.05, 0.1) is 12.2 Å². The number of aliphatic hydroxyl groups is 2. The summed E-state index contributed by atoms with van der Waals surface area (Å²) in [4.78, 5) is 49.8. The highest BCUT2D eigenvalue weighted by atomic mass is 16.4. The summed E-state index contributed by atoms with van der Waals surface area (Å²) in [5.74, 6) is -4.25. The number of carbonyl (C=O) groups excluding carboxylic acids is 3. The summed E-state index contributed by atoms with van der Waals surface area (Å²) in [6, 6.07) is 0.489. The highest BCUT2D eigenvalue weighted by Gasteiger charge is 2.34. The Morgan fingerprint density at radius 2 is 1.40 bits per heavy atom. The molecular weight excluding hydrogens is 460 g/mol. The second kappa shape index (κ2) is 13.6. The van der Waals surface area contributed by atoms with Crippen molar-refractivity contribution in [2.24, 2.45) is 11.7 Å². The molecule has 1 aromatic rings. The topological polar surface area (TPSA) is 211 Å². The van der Waals surface area contributed by atoms with Gasteiger partial charge < -0.3 is 42.1 Å². The molecule has 9 N–H and O–H groups in total. The predicted octanol–water partition coefficient (Wildman–Crippen LogP) is -1.39. The van der Waals surface area contributed by atoms with Crippen LogP contribution in [-0.2, 0) is 25.6 Å². The van der Waals surface area contributed by atoms with Gasteiger partial charge in [-0.3, -0.25) is 14.4 Å². The molecule has 0 spiro atoms. The summed E-state index contributed by atoms with van der Waals surface area (Å²) in [6.07, 6.45) is -2.19. The first-order chi connectivity index (χ1) is 16.3. The lowest BCUT2D eigenvalue weighted by atomic mass is 9.98. The summed E-state index contributed by atoms with van der Waals surface area (Å²) < 4.78 is 0. The van der Waals surface area contributed by atoms with Crippen molar-refractivity contribution in [3.05, 3.63) is 29.8 Å². The van der Waals surface area contributed by atoms with Crippen molar-refractivity contribution in [1.82, 2.24) is 16.0 Å². The Hall–Kier alpha value is -3.22. The second-order valence-corrected chi connectivity index (χ2v) is 8.64. The maximum atomic E-state index is 13.1. The molecule has 1 rings (SSSR count). The number of carboxylic acid groups (broad SMARTS) is 1. The van der Waals surface area contributed by atoms with Gasteiger partial charge in [0.2, 0.25) is 17.7 Å². The molecule has 0 aliphatic heterocycles. The summed E-state index contributed by atoms with van der Waals surface area (Å²) in [6.45, 7) is 5.96. The van der Waals surface area contributed by atoms with E-state index in [1.54, 1.807) is 13.8 Å². The number of phenols is 1. The average Bonchev–Trinajstić information content (AvgIpc) is 2.79. The number of nitrogens with one attached hydrogen (secondary N) is 3. The molecule has 1 aromatic carbocycles. The molecule has 0 aliphatic rings. The molecule has 0 saturated carbocycles. The number of aliphatic hydroxyl groups excluding tert-OH is 2. The summed E-state index contributed by atoms with van der Waals surface area (Å²) in [5, 5.41) is 45.8. The van der Waals surface area contributed by atoms with Crippen LogP contribution in [-0.4, -0.2) is 80.5 Å². The molecule has 0 aromatic heterocycles. The number of amides is 3. The third-order valence-corrected chi connectivity index (χ3v) is 5.67. The van der Waals surface area contributed by atoms with Crippen LogP contribution in [0.15, 0.2) is 24.3 Å². The number of carboxylic acids is 1. The minimum absolute atomic E-state index is 0.00459. The van der Waals surface area contributed by atoms with Crippen LogP contribution in [0.2, 0.25) is 0 Å². The van der Waals surface area contributed by atoms with E-state index >= 15 is 0 Å². The van der Waals surface area contributed by atoms with Gasteiger partial charge in [-0.15, -0.1) is 0 Å². The number of nitrogens with two attached hydrogens (primary N) is 1. The Balaban J connectivity index is 3.13. The van der Waals surface area contributed by atoms with E-state index in [1.165, 1.54) is 38.1 Å². The number of phenolic OH excluding ortho intramolecular Hbond substituents is 1. The van der Waals surface area contributed by atoms with Crippen molar-refractivity contribution in [2.75, 3.05) is 0 Å². The van der Waals surface area contributed by atoms with E-state index in [2.05, 4.69) is 16.0 Å². The van der Waals surface area contributed by atoms with Gasteiger partial charge in [-0.25, -0.2) is 4.79 Å². The van der Waals surface area contributed by atoms with Crippen molar-refractivity contribution in [1.29, 1.82) is 0 Å². The molecule has 35 heavy (non-hydrogen) atoms. The molecular formula is C23H36N4O8. The fraction of sp³-hybridized carbons (Fsp3) is 0.565. The first-order valence-electron chi connectivity index (χ1n) is 11.3. The highest BCUT2D eigenvalue weighted by Crippen LogP contribution is 2.13. The van der Waals surface area contributed by atoms with Crippen LogP contribution in [0.25, 0.3) is 0 Å². The lowest BCUT2D eigenvalue weighted by Crippen LogP contribution is -2.61. The molecule has 0 fully saturated rings. The van der Waals surface area contributed by atoms with Crippen LogP contribution in [0.4, 0.5) is 0 Å². The fourth-order valence-corrected chi connectivity index (χ4v) is 3.15. The van der Waals surface area contributed by atoms with Crippen molar-refractivity contribution >= 4 is 23.7 Å². The Morgan fingerprint density at radius 1 is 0.857 bits per heavy atom. The molecule has 0 radical (unpaired) electrons. The number of carbonyl (C=O) groups is 4. The van der Waals surface area contributed by atoms with Crippen LogP contribution in [0.3, 0.4) is 0 Å². The molecule has 7 atom stereocenters. The smallest absolute Gasteiger partial charge is 0.326 e. The monoisotopic (exact) mass is 496 g/mol. The lowest BCUT2D eigenvalue weighted by molar-refractivity contribution is -0.144. The van der Waals surface area contributed by atoms with E-state index in [9.17, 15) is 39.6 Å². The summed E-state index contributed by atoms with van der Waals surface area (Å²) in [5.41, 5.74) is 6.21. The third-order valence-electron chi connectivity index (χ3n) is 5.67. The van der Waals surface area contributed by atoms with Crippen LogP contribution in [0.1, 0.15) is 39.7 Å². The molecule has 0 aliphatic carbocycles. The summed E-state index contributed by atoms with van der Waals surface area (Å²) in [7, 11) is 0. The van der Waals surface area contributed by atoms with Gasteiger partial charge in [-0.2, -0.15) is 0 Å². The van der Waals surface area contributed by atoms with Crippen molar-refractivity contribution in [3.8, 4) is 5.75 Å². The minimum atomic E-state index is -1.52. The van der Waals surface area contributed by atoms with Gasteiger partial charge >= 0.3 is 5.97 Å². The molecule has 7 unspecified atom stereocenters. The third kappa shape index (κ3) is 9.15. The second-order valence-electron chi connectivity index (χ2n) is 8.64. The Labute approximate surface area is 203 Å². The van der Waals surface area contributed by atoms with Crippen LogP contribution in [0.5, 0.6) is 5.75 Å². The SMILES string of the molecule is CCC(C)C(NC(=O)C(NC(=O)C(Cc1ccc(O)cc1)NC(=O)C(N)C(C)O)C(C)O)C(=O)O. The molecule has 196 valence electrons. The standard InChI is InChI=1S/C23H36N4O8/c1-5-11(2)18(23(34)35)26-22(33)19(13(4)29)27-20(31)16(25-21(32)17(24)12(3)28)10-14-6-8-15(30)9-7-14/h6-9,11-13,16-19,28-30H,5,10,24H2,1-4H3,(H,25,32)(H,26,33)(H,27,31)(H,34,35). The fourth-order valence-electron chi connectivity index (χ4n) is 3.15. The summed E-state index contributed by atoms with van der Waals surface area (Å²) >= 11 is 0. The zero-order chi connectivity index (χ0) is 26.9. The Bertz CT molecular complexity index is 875. The Morgan fingerprint density at radius 3 is 1.86 bits per heavy atom. The molecule has 0 bridgehead atoms. The number of rotatable bonds is 13. The van der Waals surface area contributed by atoms with Crippen molar-refractivity contribution < 1.29 is 39.6 Å². The molecule has 0 saturated heterocycles. The Kier molecular flexibility index (Phi) is 11.6.